The van der Waals surface area contributed by atoms with Crippen molar-refractivity contribution in [3.8, 4) is 17.2 Å². The van der Waals surface area contributed by atoms with E-state index in [-0.39, 0.29) is 11.5 Å². The largest absolute Gasteiger partial charge is 0.493 e. The number of carbonyl (C=O) groups is 3. The summed E-state index contributed by atoms with van der Waals surface area (Å²) in [4.78, 5) is 37.3. The zero-order valence-corrected chi connectivity index (χ0v) is 19.2. The summed E-state index contributed by atoms with van der Waals surface area (Å²) in [6, 6.07) is 16.4. The van der Waals surface area contributed by atoms with Crippen molar-refractivity contribution in [1.29, 1.82) is 0 Å². The summed E-state index contributed by atoms with van der Waals surface area (Å²) in [7, 11) is 4.33. The van der Waals surface area contributed by atoms with E-state index in [0.717, 1.165) is 5.56 Å². The highest BCUT2D eigenvalue weighted by Gasteiger charge is 2.17. The van der Waals surface area contributed by atoms with Crippen molar-refractivity contribution in [3.05, 3.63) is 82.9 Å². The van der Waals surface area contributed by atoms with E-state index in [0.29, 0.717) is 34.1 Å². The highest BCUT2D eigenvalue weighted by molar-refractivity contribution is 6.04. The van der Waals surface area contributed by atoms with E-state index in [1.54, 1.807) is 24.3 Å². The molecule has 0 spiro atoms. The second-order valence-electron chi connectivity index (χ2n) is 7.22. The molecular weight excluding hydrogens is 438 g/mol. The molecule has 0 radical (unpaired) electrons. The highest BCUT2D eigenvalue weighted by atomic mass is 16.5. The van der Waals surface area contributed by atoms with Gasteiger partial charge in [0.15, 0.2) is 11.5 Å². The topological polar surface area (TPSA) is 115 Å². The monoisotopic (exact) mass is 463 g/mol. The number of nitrogens with one attached hydrogen (secondary N) is 3. The molecule has 0 saturated carbocycles. The van der Waals surface area contributed by atoms with Crippen LogP contribution in [0.5, 0.6) is 17.2 Å². The summed E-state index contributed by atoms with van der Waals surface area (Å²) in [6.45, 7) is 1.94. The zero-order valence-electron chi connectivity index (χ0n) is 19.2. The molecule has 34 heavy (non-hydrogen) atoms. The van der Waals surface area contributed by atoms with Gasteiger partial charge < -0.3 is 19.5 Å². The van der Waals surface area contributed by atoms with Gasteiger partial charge >= 0.3 is 0 Å². The number of anilines is 1. The smallest absolute Gasteiger partial charge is 0.269 e. The van der Waals surface area contributed by atoms with E-state index in [4.69, 9.17) is 14.2 Å². The molecule has 0 heterocycles. The number of carbonyl (C=O) groups excluding carboxylic acids is 3. The van der Waals surface area contributed by atoms with Gasteiger partial charge in [0.25, 0.3) is 17.7 Å². The first-order valence-electron chi connectivity index (χ1n) is 10.2. The van der Waals surface area contributed by atoms with Crippen molar-refractivity contribution in [2.75, 3.05) is 26.6 Å². The molecule has 3 aromatic carbocycles. The van der Waals surface area contributed by atoms with Crippen molar-refractivity contribution < 1.29 is 28.6 Å². The van der Waals surface area contributed by atoms with Crippen LogP contribution in [0.4, 0.5) is 5.69 Å². The van der Waals surface area contributed by atoms with Crippen molar-refractivity contribution in [1.82, 2.24) is 10.9 Å². The standard InChI is InChI=1S/C25H25N3O6/c1-15-5-7-16(8-6-15)23(29)26-19-11-9-17(10-12-19)24(30)27-28-25(31)18-13-20(32-2)22(34-4)21(14-18)33-3/h5-14H,1-4H3,(H,26,29)(H,27,30)(H,28,31). The number of aryl methyl sites for hydroxylation is 1. The van der Waals surface area contributed by atoms with E-state index in [2.05, 4.69) is 16.2 Å². The van der Waals surface area contributed by atoms with Crippen LogP contribution >= 0.6 is 0 Å². The maximum Gasteiger partial charge on any atom is 0.269 e. The van der Waals surface area contributed by atoms with Crippen LogP contribution < -0.4 is 30.4 Å². The second-order valence-corrected chi connectivity index (χ2v) is 7.22. The molecule has 9 nitrogen and oxygen atoms in total. The third-order valence-corrected chi connectivity index (χ3v) is 4.94. The van der Waals surface area contributed by atoms with Gasteiger partial charge in [-0.15, -0.1) is 0 Å². The van der Waals surface area contributed by atoms with Crippen LogP contribution in [0.2, 0.25) is 0 Å². The van der Waals surface area contributed by atoms with Crippen LogP contribution in [0, 0.1) is 6.92 Å². The minimum atomic E-state index is -0.574. The Kier molecular flexibility index (Phi) is 7.71. The molecule has 176 valence electrons. The first-order chi connectivity index (χ1) is 16.4. The summed E-state index contributed by atoms with van der Waals surface area (Å²) in [5, 5.41) is 2.77. The van der Waals surface area contributed by atoms with Crippen LogP contribution in [-0.2, 0) is 0 Å². The summed E-state index contributed by atoms with van der Waals surface area (Å²) in [6.07, 6.45) is 0. The lowest BCUT2D eigenvalue weighted by Crippen LogP contribution is -2.41. The summed E-state index contributed by atoms with van der Waals surface area (Å²) in [5.41, 5.74) is 7.31. The molecular formula is C25H25N3O6. The highest BCUT2D eigenvalue weighted by Crippen LogP contribution is 2.38. The average Bonchev–Trinajstić information content (AvgIpc) is 2.86. The predicted molar refractivity (Wildman–Crippen MR) is 127 cm³/mol. The van der Waals surface area contributed by atoms with Crippen molar-refractivity contribution >= 4 is 23.4 Å². The molecule has 0 unspecified atom stereocenters. The Hall–Kier alpha value is -4.53. The summed E-state index contributed by atoms with van der Waals surface area (Å²) < 4.78 is 15.7. The number of ether oxygens (including phenoxy) is 3. The molecule has 0 bridgehead atoms. The van der Waals surface area contributed by atoms with E-state index in [1.807, 2.05) is 19.1 Å². The number of methoxy groups -OCH3 is 3. The maximum absolute atomic E-state index is 12.5. The summed E-state index contributed by atoms with van der Waals surface area (Å²) >= 11 is 0. The fourth-order valence-corrected chi connectivity index (χ4v) is 3.08. The Morgan fingerprint density at radius 1 is 0.618 bits per heavy atom. The molecule has 0 atom stereocenters. The van der Waals surface area contributed by atoms with Gasteiger partial charge in [-0.1, -0.05) is 17.7 Å². The lowest BCUT2D eigenvalue weighted by Gasteiger charge is -2.14. The van der Waals surface area contributed by atoms with E-state index < -0.39 is 11.8 Å². The van der Waals surface area contributed by atoms with Crippen LogP contribution in [0.15, 0.2) is 60.7 Å². The van der Waals surface area contributed by atoms with Crippen molar-refractivity contribution in [2.45, 2.75) is 6.92 Å². The van der Waals surface area contributed by atoms with Gasteiger partial charge in [0.2, 0.25) is 5.75 Å². The first kappa shape index (κ1) is 24.1. The average molecular weight is 463 g/mol. The number of rotatable bonds is 7. The number of benzene rings is 3. The third kappa shape index (κ3) is 5.63. The van der Waals surface area contributed by atoms with Crippen molar-refractivity contribution in [3.63, 3.8) is 0 Å². The minimum Gasteiger partial charge on any atom is -0.493 e. The second kappa shape index (κ2) is 10.9. The molecule has 3 rings (SSSR count). The van der Waals surface area contributed by atoms with Crippen LogP contribution in [0.1, 0.15) is 36.6 Å². The van der Waals surface area contributed by atoms with Crippen LogP contribution in [0.3, 0.4) is 0 Å². The van der Waals surface area contributed by atoms with Gasteiger partial charge in [0.1, 0.15) is 0 Å². The molecule has 0 aliphatic carbocycles. The number of hydrazine groups is 1. The molecule has 0 aliphatic heterocycles. The summed E-state index contributed by atoms with van der Waals surface area (Å²) in [5.74, 6) is -0.398. The fraction of sp³-hybridized carbons (Fsp3) is 0.160. The Morgan fingerprint density at radius 2 is 1.09 bits per heavy atom. The molecule has 3 amide bonds. The number of amides is 3. The maximum atomic E-state index is 12.5. The molecule has 0 fully saturated rings. The zero-order chi connectivity index (χ0) is 24.7. The van der Waals surface area contributed by atoms with Crippen molar-refractivity contribution in [2.24, 2.45) is 0 Å². The molecule has 3 N–H and O–H groups in total. The fourth-order valence-electron chi connectivity index (χ4n) is 3.08. The van der Waals surface area contributed by atoms with Gasteiger partial charge in [0, 0.05) is 22.4 Å². The third-order valence-electron chi connectivity index (χ3n) is 4.94. The quantitative estimate of drug-likeness (QED) is 0.463. The molecule has 3 aromatic rings. The predicted octanol–water partition coefficient (Wildman–Crippen LogP) is 3.35. The van der Waals surface area contributed by atoms with Gasteiger partial charge in [-0.25, -0.2) is 0 Å². The Balaban J connectivity index is 1.61. The van der Waals surface area contributed by atoms with E-state index in [9.17, 15) is 14.4 Å². The van der Waals surface area contributed by atoms with Gasteiger partial charge in [-0.2, -0.15) is 0 Å². The normalized spacial score (nSPS) is 10.1. The molecule has 9 heteroatoms. The van der Waals surface area contributed by atoms with E-state index in [1.165, 1.54) is 45.6 Å². The van der Waals surface area contributed by atoms with Gasteiger partial charge in [0.05, 0.1) is 21.3 Å². The van der Waals surface area contributed by atoms with Crippen LogP contribution in [-0.4, -0.2) is 39.1 Å². The lowest BCUT2D eigenvalue weighted by molar-refractivity contribution is 0.0846. The Bertz CT molecular complexity index is 1170. The minimum absolute atomic E-state index is 0.198. The Morgan fingerprint density at radius 3 is 1.59 bits per heavy atom. The van der Waals surface area contributed by atoms with Gasteiger partial charge in [-0.05, 0) is 55.5 Å². The number of hydrogen-bond acceptors (Lipinski definition) is 6. The SMILES string of the molecule is COc1cc(C(=O)NNC(=O)c2ccc(NC(=O)c3ccc(C)cc3)cc2)cc(OC)c1OC. The Labute approximate surface area is 197 Å². The van der Waals surface area contributed by atoms with Crippen LogP contribution in [0.25, 0.3) is 0 Å². The first-order valence-corrected chi connectivity index (χ1v) is 10.2. The van der Waals surface area contributed by atoms with Gasteiger partial charge in [-0.3, -0.25) is 25.2 Å². The van der Waals surface area contributed by atoms with E-state index >= 15 is 0 Å². The lowest BCUT2D eigenvalue weighted by atomic mass is 10.1. The molecule has 0 aliphatic rings. The molecule has 0 saturated heterocycles. The number of hydrogen-bond donors (Lipinski definition) is 3. The molecule has 0 aromatic heterocycles.